The van der Waals surface area contributed by atoms with E-state index in [1.807, 2.05) is 41.3 Å². The highest BCUT2D eigenvalue weighted by Crippen LogP contribution is 2.47. The van der Waals surface area contributed by atoms with E-state index >= 15 is 0 Å². The second-order valence-corrected chi connectivity index (χ2v) is 7.35. The lowest BCUT2D eigenvalue weighted by atomic mass is 9.82. The van der Waals surface area contributed by atoms with Gasteiger partial charge in [0.05, 0.1) is 18.5 Å². The zero-order chi connectivity index (χ0) is 17.5. The lowest BCUT2D eigenvalue weighted by Gasteiger charge is -2.19. The summed E-state index contributed by atoms with van der Waals surface area (Å²) in [6.07, 6.45) is 4.67. The van der Waals surface area contributed by atoms with Gasteiger partial charge < -0.3 is 24.1 Å². The zero-order valence-corrected chi connectivity index (χ0v) is 14.5. The first-order valence-electron chi connectivity index (χ1n) is 9.23. The van der Waals surface area contributed by atoms with Crippen LogP contribution in [0, 0.1) is 11.8 Å². The van der Waals surface area contributed by atoms with E-state index in [1.165, 1.54) is 0 Å². The summed E-state index contributed by atoms with van der Waals surface area (Å²) in [5.74, 6) is 2.57. The summed E-state index contributed by atoms with van der Waals surface area (Å²) in [6.45, 7) is 2.00. The summed E-state index contributed by atoms with van der Waals surface area (Å²) >= 11 is 0. The van der Waals surface area contributed by atoms with Gasteiger partial charge in [0.1, 0.15) is 18.1 Å². The largest absolute Gasteiger partial charge is 0.486 e. The molecule has 2 aromatic rings. The molecule has 1 aromatic heterocycles. The fourth-order valence-corrected chi connectivity index (χ4v) is 4.51. The van der Waals surface area contributed by atoms with Crippen molar-refractivity contribution in [3.8, 4) is 5.75 Å². The molecule has 26 heavy (non-hydrogen) atoms. The normalized spacial score (nSPS) is 29.0. The number of amides is 2. The summed E-state index contributed by atoms with van der Waals surface area (Å²) < 4.78 is 16.9. The fourth-order valence-electron chi connectivity index (χ4n) is 4.51. The van der Waals surface area contributed by atoms with E-state index in [0.717, 1.165) is 43.1 Å². The number of hydrogen-bond acceptors (Lipinski definition) is 4. The van der Waals surface area contributed by atoms with E-state index in [2.05, 4.69) is 5.32 Å². The minimum absolute atomic E-state index is 0.0250. The lowest BCUT2D eigenvalue weighted by Crippen LogP contribution is -2.35. The van der Waals surface area contributed by atoms with Crippen LogP contribution in [0.2, 0.25) is 0 Å². The highest BCUT2D eigenvalue weighted by Gasteiger charge is 2.53. The lowest BCUT2D eigenvalue weighted by molar-refractivity contribution is 0.0747. The third-order valence-electron chi connectivity index (χ3n) is 5.81. The number of hydrogen-bond donors (Lipinski definition) is 1. The topological polar surface area (TPSA) is 63.9 Å². The number of nitrogens with zero attached hydrogens (tertiary/aromatic N) is 1. The number of nitrogens with one attached hydrogen (secondary N) is 1. The number of rotatable bonds is 4. The molecule has 5 rings (SSSR count). The minimum Gasteiger partial charge on any atom is -0.486 e. The summed E-state index contributed by atoms with van der Waals surface area (Å²) in [6, 6.07) is 11.1. The van der Waals surface area contributed by atoms with E-state index in [9.17, 15) is 4.79 Å². The Hall–Kier alpha value is -2.47. The number of anilines is 1. The molecule has 1 N–H and O–H groups in total. The SMILES string of the molecule is O=C(Nc1ccc(OCc2ccco2)cc1)N1C[C@@H]2[C@H](C1)[C@H]1CC[C@@H]2O1. The van der Waals surface area contributed by atoms with Crippen molar-refractivity contribution < 1.29 is 18.7 Å². The molecule has 3 aliphatic rings. The Bertz CT molecular complexity index is 756. The molecule has 6 nitrogen and oxygen atoms in total. The molecule has 136 valence electrons. The van der Waals surface area contributed by atoms with Gasteiger partial charge in [0.2, 0.25) is 0 Å². The summed E-state index contributed by atoms with van der Waals surface area (Å²) in [5, 5.41) is 2.99. The molecule has 6 heteroatoms. The van der Waals surface area contributed by atoms with Crippen LogP contribution >= 0.6 is 0 Å². The van der Waals surface area contributed by atoms with Crippen LogP contribution in [-0.2, 0) is 11.3 Å². The number of likely N-dealkylation sites (tertiary alicyclic amines) is 1. The van der Waals surface area contributed by atoms with Crippen molar-refractivity contribution in [3.63, 3.8) is 0 Å². The van der Waals surface area contributed by atoms with Gasteiger partial charge in [-0.25, -0.2) is 4.79 Å². The maximum Gasteiger partial charge on any atom is 0.321 e. The Kier molecular flexibility index (Phi) is 3.85. The Morgan fingerprint density at radius 1 is 1.12 bits per heavy atom. The van der Waals surface area contributed by atoms with Crippen LogP contribution in [0.1, 0.15) is 18.6 Å². The van der Waals surface area contributed by atoms with E-state index in [4.69, 9.17) is 13.9 Å². The van der Waals surface area contributed by atoms with E-state index in [-0.39, 0.29) is 6.03 Å². The first kappa shape index (κ1) is 15.8. The molecule has 2 bridgehead atoms. The highest BCUT2D eigenvalue weighted by molar-refractivity contribution is 5.89. The van der Waals surface area contributed by atoms with Gasteiger partial charge in [-0.2, -0.15) is 0 Å². The van der Waals surface area contributed by atoms with Crippen LogP contribution in [-0.4, -0.2) is 36.2 Å². The molecule has 3 saturated heterocycles. The van der Waals surface area contributed by atoms with Crippen molar-refractivity contribution in [2.45, 2.75) is 31.7 Å². The number of furan rings is 1. The summed E-state index contributed by atoms with van der Waals surface area (Å²) in [7, 11) is 0. The van der Waals surface area contributed by atoms with Crippen LogP contribution < -0.4 is 10.1 Å². The number of carbonyl (C=O) groups excluding carboxylic acids is 1. The zero-order valence-electron chi connectivity index (χ0n) is 14.5. The molecular weight excluding hydrogens is 332 g/mol. The molecule has 2 amide bonds. The highest BCUT2D eigenvalue weighted by atomic mass is 16.5. The number of benzene rings is 1. The van der Waals surface area contributed by atoms with Crippen LogP contribution in [0.4, 0.5) is 10.5 Å². The smallest absolute Gasteiger partial charge is 0.321 e. The molecule has 1 aromatic carbocycles. The fraction of sp³-hybridized carbons (Fsp3) is 0.450. The van der Waals surface area contributed by atoms with Crippen LogP contribution in [0.15, 0.2) is 47.1 Å². The number of carbonyl (C=O) groups is 1. The first-order chi connectivity index (χ1) is 12.8. The molecule has 4 atom stereocenters. The third kappa shape index (κ3) is 2.84. The molecule has 0 saturated carbocycles. The maximum absolute atomic E-state index is 12.6. The van der Waals surface area contributed by atoms with Crippen molar-refractivity contribution in [1.82, 2.24) is 4.90 Å². The Morgan fingerprint density at radius 3 is 2.50 bits per heavy atom. The molecule has 0 unspecified atom stereocenters. The van der Waals surface area contributed by atoms with E-state index < -0.39 is 0 Å². The average molecular weight is 354 g/mol. The van der Waals surface area contributed by atoms with Gasteiger partial charge in [-0.3, -0.25) is 0 Å². The predicted octanol–water partition coefficient (Wildman–Crippen LogP) is 3.50. The molecular formula is C20H22N2O4. The molecule has 3 fully saturated rings. The van der Waals surface area contributed by atoms with Crippen LogP contribution in [0.5, 0.6) is 5.75 Å². The second-order valence-electron chi connectivity index (χ2n) is 7.35. The maximum atomic E-state index is 12.6. The molecule has 0 radical (unpaired) electrons. The quantitative estimate of drug-likeness (QED) is 0.913. The monoisotopic (exact) mass is 354 g/mol. The average Bonchev–Trinajstić information content (AvgIpc) is 3.43. The Labute approximate surface area is 152 Å². The van der Waals surface area contributed by atoms with Gasteiger partial charge in [-0.1, -0.05) is 0 Å². The molecule has 0 aliphatic carbocycles. The number of ether oxygens (including phenoxy) is 2. The first-order valence-corrected chi connectivity index (χ1v) is 9.23. The molecule has 0 spiro atoms. The summed E-state index contributed by atoms with van der Waals surface area (Å²) in [4.78, 5) is 14.5. The molecule has 3 aliphatic heterocycles. The van der Waals surface area contributed by atoms with Crippen molar-refractivity contribution in [2.24, 2.45) is 11.8 Å². The van der Waals surface area contributed by atoms with Crippen LogP contribution in [0.3, 0.4) is 0 Å². The Morgan fingerprint density at radius 2 is 1.85 bits per heavy atom. The van der Waals surface area contributed by atoms with Crippen LogP contribution in [0.25, 0.3) is 0 Å². The van der Waals surface area contributed by atoms with Crippen molar-refractivity contribution in [2.75, 3.05) is 18.4 Å². The van der Waals surface area contributed by atoms with Gasteiger partial charge in [0.15, 0.2) is 0 Å². The summed E-state index contributed by atoms with van der Waals surface area (Å²) in [5.41, 5.74) is 0.775. The van der Waals surface area contributed by atoms with Crippen molar-refractivity contribution >= 4 is 11.7 Å². The standard InChI is InChI=1S/C20H22N2O4/c23-20(22-10-16-17(11-22)19-8-7-18(16)26-19)21-13-3-5-14(6-4-13)25-12-15-2-1-9-24-15/h1-6,9,16-19H,7-8,10-12H2,(H,21,23)/t16-,17+,18+,19-. The second kappa shape index (κ2) is 6.36. The van der Waals surface area contributed by atoms with Gasteiger partial charge in [-0.05, 0) is 49.2 Å². The van der Waals surface area contributed by atoms with Crippen molar-refractivity contribution in [3.05, 3.63) is 48.4 Å². The molecule has 4 heterocycles. The van der Waals surface area contributed by atoms with E-state index in [1.54, 1.807) is 6.26 Å². The van der Waals surface area contributed by atoms with Gasteiger partial charge >= 0.3 is 6.03 Å². The predicted molar refractivity (Wildman–Crippen MR) is 94.9 cm³/mol. The van der Waals surface area contributed by atoms with Gasteiger partial charge in [0, 0.05) is 30.6 Å². The number of urea groups is 1. The minimum atomic E-state index is -0.0250. The van der Waals surface area contributed by atoms with Gasteiger partial charge in [0.25, 0.3) is 0 Å². The third-order valence-corrected chi connectivity index (χ3v) is 5.81. The van der Waals surface area contributed by atoms with Crippen molar-refractivity contribution in [1.29, 1.82) is 0 Å². The Balaban J connectivity index is 1.16. The number of fused-ring (bicyclic) bond motifs is 5. The van der Waals surface area contributed by atoms with E-state index in [0.29, 0.717) is 30.7 Å². The van der Waals surface area contributed by atoms with Gasteiger partial charge in [-0.15, -0.1) is 0 Å².